The van der Waals surface area contributed by atoms with Gasteiger partial charge in [0.05, 0.1) is 0 Å². The Bertz CT molecular complexity index is 911. The van der Waals surface area contributed by atoms with Crippen LogP contribution in [-0.2, 0) is 0 Å². The quantitative estimate of drug-likeness (QED) is 0.721. The summed E-state index contributed by atoms with van der Waals surface area (Å²) in [6, 6.07) is 10.4. The monoisotopic (exact) mass is 338 g/mol. The summed E-state index contributed by atoms with van der Waals surface area (Å²) in [6.07, 6.45) is 3.70. The van der Waals surface area contributed by atoms with Crippen molar-refractivity contribution >= 4 is 17.2 Å². The average molecular weight is 338 g/mol. The summed E-state index contributed by atoms with van der Waals surface area (Å²) in [5, 5.41) is 0. The van der Waals surface area contributed by atoms with Gasteiger partial charge in [0, 0.05) is 44.3 Å². The van der Waals surface area contributed by atoms with Crippen molar-refractivity contribution in [3.05, 3.63) is 65.9 Å². The number of hydrogen-bond acceptors (Lipinski definition) is 3. The number of carbonyl (C=O) groups is 1. The van der Waals surface area contributed by atoms with Gasteiger partial charge in [-0.1, -0.05) is 0 Å². The summed E-state index contributed by atoms with van der Waals surface area (Å²) < 4.78 is 14.9. The number of anilines is 1. The zero-order chi connectivity index (χ0) is 17.4. The van der Waals surface area contributed by atoms with Crippen molar-refractivity contribution in [2.45, 2.75) is 6.92 Å². The highest BCUT2D eigenvalue weighted by Gasteiger charge is 2.24. The summed E-state index contributed by atoms with van der Waals surface area (Å²) in [4.78, 5) is 21.2. The molecule has 1 aliphatic rings. The van der Waals surface area contributed by atoms with Crippen LogP contribution in [0.15, 0.2) is 48.8 Å². The molecule has 0 unspecified atom stereocenters. The fourth-order valence-electron chi connectivity index (χ4n) is 3.17. The van der Waals surface area contributed by atoms with E-state index in [0.717, 1.165) is 30.0 Å². The molecule has 4 rings (SSSR count). The van der Waals surface area contributed by atoms with Crippen LogP contribution in [0, 0.1) is 12.7 Å². The second kappa shape index (κ2) is 6.20. The molecule has 0 atom stereocenters. The van der Waals surface area contributed by atoms with E-state index in [0.29, 0.717) is 18.8 Å². The Morgan fingerprint density at radius 2 is 1.80 bits per heavy atom. The van der Waals surface area contributed by atoms with Gasteiger partial charge < -0.3 is 14.2 Å². The number of nitrogens with zero attached hydrogens (tertiary/aromatic N) is 4. The van der Waals surface area contributed by atoms with E-state index in [1.807, 2.05) is 34.6 Å². The topological polar surface area (TPSA) is 40.9 Å². The van der Waals surface area contributed by atoms with Gasteiger partial charge in [-0.2, -0.15) is 0 Å². The first-order valence-corrected chi connectivity index (χ1v) is 8.35. The number of carbonyl (C=O) groups excluding carboxylic acids is 1. The van der Waals surface area contributed by atoms with Crippen LogP contribution in [0.5, 0.6) is 0 Å². The first-order valence-electron chi connectivity index (χ1n) is 8.35. The molecular weight excluding hydrogens is 319 g/mol. The number of imidazole rings is 1. The Kier molecular flexibility index (Phi) is 3.87. The number of halogens is 1. The number of hydrogen-bond donors (Lipinski definition) is 0. The van der Waals surface area contributed by atoms with Gasteiger partial charge in [-0.25, -0.2) is 9.37 Å². The lowest BCUT2D eigenvalue weighted by molar-refractivity contribution is 0.0741. The van der Waals surface area contributed by atoms with Crippen LogP contribution < -0.4 is 4.90 Å². The third-order valence-corrected chi connectivity index (χ3v) is 4.59. The predicted octanol–water partition coefficient (Wildman–Crippen LogP) is 2.74. The summed E-state index contributed by atoms with van der Waals surface area (Å²) in [6.45, 7) is 4.71. The molecule has 6 heteroatoms. The van der Waals surface area contributed by atoms with E-state index in [1.54, 1.807) is 18.3 Å². The van der Waals surface area contributed by atoms with Gasteiger partial charge in [-0.3, -0.25) is 4.79 Å². The van der Waals surface area contributed by atoms with Gasteiger partial charge in [-0.05, 0) is 48.9 Å². The lowest BCUT2D eigenvalue weighted by Crippen LogP contribution is -2.48. The molecule has 1 aliphatic heterocycles. The summed E-state index contributed by atoms with van der Waals surface area (Å²) in [5.41, 5.74) is 3.36. The number of aromatic nitrogens is 2. The maximum absolute atomic E-state index is 13.0. The van der Waals surface area contributed by atoms with Gasteiger partial charge in [0.15, 0.2) is 0 Å². The molecule has 1 saturated heterocycles. The van der Waals surface area contributed by atoms with Crippen molar-refractivity contribution in [2.75, 3.05) is 31.1 Å². The maximum atomic E-state index is 13.0. The normalized spacial score (nSPS) is 15.0. The molecule has 3 aromatic rings. The van der Waals surface area contributed by atoms with E-state index in [9.17, 15) is 9.18 Å². The molecule has 1 fully saturated rings. The SMILES string of the molecule is Cc1ccn2cc(C(=O)N3CCN(c4ccc(F)cc4)CC3)nc2c1. The molecule has 25 heavy (non-hydrogen) atoms. The third-order valence-electron chi connectivity index (χ3n) is 4.59. The Labute approximate surface area is 145 Å². The molecule has 3 heterocycles. The van der Waals surface area contributed by atoms with Crippen LogP contribution >= 0.6 is 0 Å². The summed E-state index contributed by atoms with van der Waals surface area (Å²) in [7, 11) is 0. The van der Waals surface area contributed by atoms with E-state index in [2.05, 4.69) is 9.88 Å². The summed E-state index contributed by atoms with van der Waals surface area (Å²) >= 11 is 0. The number of amides is 1. The highest BCUT2D eigenvalue weighted by Crippen LogP contribution is 2.18. The van der Waals surface area contributed by atoms with Crippen LogP contribution in [0.25, 0.3) is 5.65 Å². The third kappa shape index (κ3) is 3.07. The van der Waals surface area contributed by atoms with E-state index in [-0.39, 0.29) is 11.7 Å². The van der Waals surface area contributed by atoms with Crippen LogP contribution in [0.1, 0.15) is 16.1 Å². The van der Waals surface area contributed by atoms with Crippen LogP contribution in [-0.4, -0.2) is 46.4 Å². The molecule has 0 spiro atoms. The molecule has 1 amide bonds. The molecule has 0 N–H and O–H groups in total. The Morgan fingerprint density at radius 1 is 1.08 bits per heavy atom. The van der Waals surface area contributed by atoms with Crippen LogP contribution in [0.3, 0.4) is 0 Å². The Morgan fingerprint density at radius 3 is 2.52 bits per heavy atom. The molecular formula is C19H19FN4O. The van der Waals surface area contributed by atoms with Crippen LogP contribution in [0.2, 0.25) is 0 Å². The molecule has 128 valence electrons. The molecule has 0 aliphatic carbocycles. The lowest BCUT2D eigenvalue weighted by Gasteiger charge is -2.35. The minimum absolute atomic E-state index is 0.0416. The standard InChI is InChI=1S/C19H19FN4O/c1-14-6-7-24-13-17(21-18(24)12-14)19(25)23-10-8-22(9-11-23)16-4-2-15(20)3-5-16/h2-7,12-13H,8-11H2,1H3. The first-order chi connectivity index (χ1) is 12.1. The van der Waals surface area contributed by atoms with Gasteiger partial charge in [0.25, 0.3) is 5.91 Å². The number of aryl methyl sites for hydroxylation is 1. The van der Waals surface area contributed by atoms with Gasteiger partial charge in [0.1, 0.15) is 17.2 Å². The van der Waals surface area contributed by atoms with Crippen molar-refractivity contribution in [2.24, 2.45) is 0 Å². The summed E-state index contributed by atoms with van der Waals surface area (Å²) in [5.74, 6) is -0.278. The lowest BCUT2D eigenvalue weighted by atomic mass is 10.2. The molecule has 0 radical (unpaired) electrons. The highest BCUT2D eigenvalue weighted by atomic mass is 19.1. The second-order valence-corrected chi connectivity index (χ2v) is 6.35. The van der Waals surface area contributed by atoms with Gasteiger partial charge in [0.2, 0.25) is 0 Å². The molecule has 5 nitrogen and oxygen atoms in total. The minimum Gasteiger partial charge on any atom is -0.368 e. The fraction of sp³-hybridized carbons (Fsp3) is 0.263. The van der Waals surface area contributed by atoms with Crippen molar-refractivity contribution in [3.63, 3.8) is 0 Å². The first kappa shape index (κ1) is 15.6. The van der Waals surface area contributed by atoms with Crippen molar-refractivity contribution in [1.82, 2.24) is 14.3 Å². The van der Waals surface area contributed by atoms with E-state index in [4.69, 9.17) is 0 Å². The fourth-order valence-corrected chi connectivity index (χ4v) is 3.17. The zero-order valence-corrected chi connectivity index (χ0v) is 14.0. The number of fused-ring (bicyclic) bond motifs is 1. The Hall–Kier alpha value is -2.89. The minimum atomic E-state index is -0.236. The molecule has 0 saturated carbocycles. The van der Waals surface area contributed by atoms with Gasteiger partial charge in [-0.15, -0.1) is 0 Å². The average Bonchev–Trinajstić information content (AvgIpc) is 3.05. The smallest absolute Gasteiger partial charge is 0.274 e. The highest BCUT2D eigenvalue weighted by molar-refractivity contribution is 5.93. The van der Waals surface area contributed by atoms with Gasteiger partial charge >= 0.3 is 0 Å². The zero-order valence-electron chi connectivity index (χ0n) is 14.0. The Balaban J connectivity index is 1.46. The van der Waals surface area contributed by atoms with Crippen LogP contribution in [0.4, 0.5) is 10.1 Å². The molecule has 1 aromatic carbocycles. The number of piperazine rings is 1. The molecule has 2 aromatic heterocycles. The predicted molar refractivity (Wildman–Crippen MR) is 94.4 cm³/mol. The number of benzene rings is 1. The number of rotatable bonds is 2. The largest absolute Gasteiger partial charge is 0.368 e. The maximum Gasteiger partial charge on any atom is 0.274 e. The van der Waals surface area contributed by atoms with Crippen molar-refractivity contribution < 1.29 is 9.18 Å². The number of pyridine rings is 1. The van der Waals surface area contributed by atoms with E-state index < -0.39 is 0 Å². The second-order valence-electron chi connectivity index (χ2n) is 6.35. The van der Waals surface area contributed by atoms with Crippen molar-refractivity contribution in [1.29, 1.82) is 0 Å². The van der Waals surface area contributed by atoms with E-state index in [1.165, 1.54) is 12.1 Å². The van der Waals surface area contributed by atoms with E-state index >= 15 is 0 Å². The van der Waals surface area contributed by atoms with Crippen molar-refractivity contribution in [3.8, 4) is 0 Å². The molecule has 0 bridgehead atoms.